The van der Waals surface area contributed by atoms with Crippen LogP contribution in [0.3, 0.4) is 0 Å². The summed E-state index contributed by atoms with van der Waals surface area (Å²) in [7, 11) is 0. The van der Waals surface area contributed by atoms with Gasteiger partial charge in [0.1, 0.15) is 0 Å². The summed E-state index contributed by atoms with van der Waals surface area (Å²) in [6.07, 6.45) is 9.00. The summed E-state index contributed by atoms with van der Waals surface area (Å²) in [4.78, 5) is 15.8. The quantitative estimate of drug-likeness (QED) is 0.913. The van der Waals surface area contributed by atoms with Gasteiger partial charge in [0.2, 0.25) is 0 Å². The van der Waals surface area contributed by atoms with Crippen LogP contribution in [0.1, 0.15) is 48.3 Å². The lowest BCUT2D eigenvalue weighted by atomic mass is 9.74. The summed E-state index contributed by atoms with van der Waals surface area (Å²) in [6, 6.07) is 0. The smallest absolute Gasteiger partial charge is 0.280 e. The number of carbonyl (C=O) groups is 1. The molecule has 0 aromatic carbocycles. The number of nitrogens with zero attached hydrogens (tertiary/aromatic N) is 1. The molecule has 1 spiro atoms. The van der Waals surface area contributed by atoms with Gasteiger partial charge in [0.15, 0.2) is 5.01 Å². The van der Waals surface area contributed by atoms with E-state index in [4.69, 9.17) is 4.74 Å². The summed E-state index contributed by atoms with van der Waals surface area (Å²) in [6.45, 7) is 0.611. The lowest BCUT2D eigenvalue weighted by Gasteiger charge is -2.47. The molecule has 2 heterocycles. The molecular weight excluding hydrogens is 248 g/mol. The van der Waals surface area contributed by atoms with Crippen LogP contribution in [0.25, 0.3) is 0 Å². The Labute approximate surface area is 111 Å². The molecule has 1 aliphatic carbocycles. The van der Waals surface area contributed by atoms with Crippen molar-refractivity contribution in [1.29, 1.82) is 0 Å². The second kappa shape index (κ2) is 4.97. The van der Waals surface area contributed by atoms with E-state index in [0.717, 1.165) is 6.42 Å². The average Bonchev–Trinajstić information content (AvgIpc) is 2.88. The van der Waals surface area contributed by atoms with Crippen LogP contribution in [-0.2, 0) is 4.74 Å². The molecule has 18 heavy (non-hydrogen) atoms. The van der Waals surface area contributed by atoms with Gasteiger partial charge in [-0.2, -0.15) is 0 Å². The lowest BCUT2D eigenvalue weighted by Crippen LogP contribution is -2.49. The monoisotopic (exact) mass is 266 g/mol. The van der Waals surface area contributed by atoms with Gasteiger partial charge in [-0.25, -0.2) is 4.98 Å². The number of hydrogen-bond donors (Lipinski definition) is 1. The van der Waals surface area contributed by atoms with Crippen molar-refractivity contribution in [3.05, 3.63) is 16.6 Å². The van der Waals surface area contributed by atoms with Crippen LogP contribution in [0.4, 0.5) is 0 Å². The molecule has 5 heteroatoms. The Bertz CT molecular complexity index is 415. The largest absolute Gasteiger partial charge is 0.370 e. The van der Waals surface area contributed by atoms with Gasteiger partial charge in [0.25, 0.3) is 5.91 Å². The fourth-order valence-corrected chi connectivity index (χ4v) is 3.38. The third kappa shape index (κ3) is 2.42. The van der Waals surface area contributed by atoms with Crippen LogP contribution >= 0.6 is 11.3 Å². The zero-order valence-corrected chi connectivity index (χ0v) is 11.2. The van der Waals surface area contributed by atoms with Gasteiger partial charge in [-0.3, -0.25) is 4.79 Å². The van der Waals surface area contributed by atoms with Crippen LogP contribution in [0.2, 0.25) is 0 Å². The molecule has 1 N–H and O–H groups in total. The number of carbonyl (C=O) groups excluding carboxylic acids is 1. The third-order valence-corrected chi connectivity index (χ3v) is 4.73. The van der Waals surface area contributed by atoms with E-state index in [0.29, 0.717) is 11.6 Å². The Hall–Kier alpha value is -0.940. The number of amides is 1. The van der Waals surface area contributed by atoms with Crippen LogP contribution < -0.4 is 5.32 Å². The average molecular weight is 266 g/mol. The van der Waals surface area contributed by atoms with Crippen molar-refractivity contribution in [2.75, 3.05) is 6.54 Å². The van der Waals surface area contributed by atoms with E-state index in [1.165, 1.54) is 43.4 Å². The summed E-state index contributed by atoms with van der Waals surface area (Å²) in [5.41, 5.74) is 0.162. The molecule has 0 bridgehead atoms. The molecule has 1 saturated heterocycles. The van der Waals surface area contributed by atoms with Crippen molar-refractivity contribution in [3.63, 3.8) is 0 Å². The topological polar surface area (TPSA) is 51.2 Å². The van der Waals surface area contributed by atoms with E-state index >= 15 is 0 Å². The van der Waals surface area contributed by atoms with E-state index in [9.17, 15) is 4.79 Å². The Morgan fingerprint density at radius 3 is 3.00 bits per heavy atom. The first-order valence-corrected chi connectivity index (χ1v) is 7.51. The van der Waals surface area contributed by atoms with Gasteiger partial charge in [-0.15, -0.1) is 11.3 Å². The zero-order valence-electron chi connectivity index (χ0n) is 10.4. The molecular formula is C13H18N2O2S. The highest BCUT2D eigenvalue weighted by Gasteiger charge is 2.42. The molecule has 1 aromatic rings. The van der Waals surface area contributed by atoms with Crippen molar-refractivity contribution < 1.29 is 9.53 Å². The van der Waals surface area contributed by atoms with Gasteiger partial charge in [0, 0.05) is 18.1 Å². The van der Waals surface area contributed by atoms with Crippen LogP contribution in [-0.4, -0.2) is 29.1 Å². The summed E-state index contributed by atoms with van der Waals surface area (Å²) in [5.74, 6) is -0.0816. The fraction of sp³-hybridized carbons (Fsp3) is 0.692. The maximum atomic E-state index is 11.8. The molecule has 0 radical (unpaired) electrons. The van der Waals surface area contributed by atoms with E-state index in [2.05, 4.69) is 10.3 Å². The van der Waals surface area contributed by atoms with Crippen LogP contribution in [0, 0.1) is 0 Å². The van der Waals surface area contributed by atoms with Crippen molar-refractivity contribution in [2.45, 2.75) is 50.2 Å². The molecule has 2 fully saturated rings. The molecule has 1 unspecified atom stereocenters. The van der Waals surface area contributed by atoms with Crippen LogP contribution in [0.5, 0.6) is 0 Å². The molecule has 98 valence electrons. The number of hydrogen-bond acceptors (Lipinski definition) is 4. The number of ether oxygens (including phenoxy) is 1. The first-order chi connectivity index (χ1) is 8.77. The summed E-state index contributed by atoms with van der Waals surface area (Å²) >= 11 is 1.37. The zero-order chi connectivity index (χ0) is 12.4. The molecule has 1 saturated carbocycles. The Morgan fingerprint density at radius 1 is 1.50 bits per heavy atom. The number of rotatable bonds is 3. The maximum Gasteiger partial charge on any atom is 0.280 e. The highest BCUT2D eigenvalue weighted by Crippen LogP contribution is 2.43. The molecule has 1 amide bonds. The minimum Gasteiger partial charge on any atom is -0.370 e. The van der Waals surface area contributed by atoms with Crippen molar-refractivity contribution in [1.82, 2.24) is 10.3 Å². The van der Waals surface area contributed by atoms with Gasteiger partial charge in [-0.1, -0.05) is 0 Å². The minimum absolute atomic E-state index is 0.0816. The predicted octanol–water partition coefficient (Wildman–Crippen LogP) is 2.36. The highest BCUT2D eigenvalue weighted by molar-refractivity contribution is 7.11. The van der Waals surface area contributed by atoms with Gasteiger partial charge in [-0.05, 0) is 38.5 Å². The van der Waals surface area contributed by atoms with Crippen molar-refractivity contribution in [2.24, 2.45) is 0 Å². The van der Waals surface area contributed by atoms with Gasteiger partial charge >= 0.3 is 0 Å². The SMILES string of the molecule is O=C(NCC1CCCC2(CCC2)O1)c1nccs1. The maximum absolute atomic E-state index is 11.8. The van der Waals surface area contributed by atoms with E-state index < -0.39 is 0 Å². The third-order valence-electron chi connectivity index (χ3n) is 3.96. The number of aromatic nitrogens is 1. The minimum atomic E-state index is -0.0816. The van der Waals surface area contributed by atoms with Crippen LogP contribution in [0.15, 0.2) is 11.6 Å². The molecule has 2 aliphatic rings. The highest BCUT2D eigenvalue weighted by atomic mass is 32.1. The normalized spacial score (nSPS) is 25.7. The molecule has 1 aliphatic heterocycles. The van der Waals surface area contributed by atoms with Gasteiger partial charge < -0.3 is 10.1 Å². The van der Waals surface area contributed by atoms with Crippen molar-refractivity contribution >= 4 is 17.2 Å². The summed E-state index contributed by atoms with van der Waals surface area (Å²) in [5, 5.41) is 5.27. The number of nitrogens with one attached hydrogen (secondary N) is 1. The Morgan fingerprint density at radius 2 is 2.33 bits per heavy atom. The van der Waals surface area contributed by atoms with E-state index in [-0.39, 0.29) is 17.6 Å². The fourth-order valence-electron chi connectivity index (χ4n) is 2.82. The lowest BCUT2D eigenvalue weighted by molar-refractivity contribution is -0.166. The Kier molecular flexibility index (Phi) is 3.35. The second-order valence-electron chi connectivity index (χ2n) is 5.22. The molecule has 1 aromatic heterocycles. The number of thiazole rings is 1. The summed E-state index contributed by atoms with van der Waals surface area (Å²) < 4.78 is 6.15. The molecule has 3 rings (SSSR count). The van der Waals surface area contributed by atoms with Gasteiger partial charge in [0.05, 0.1) is 11.7 Å². The first kappa shape index (κ1) is 12.1. The standard InChI is InChI=1S/C13H18N2O2S/c16-11(12-14-7-8-18-12)15-9-10-3-1-4-13(17-10)5-2-6-13/h7-8,10H,1-6,9H2,(H,15,16). The molecule has 4 nitrogen and oxygen atoms in total. The first-order valence-electron chi connectivity index (χ1n) is 6.63. The molecule has 1 atom stereocenters. The van der Waals surface area contributed by atoms with E-state index in [1.807, 2.05) is 5.38 Å². The second-order valence-corrected chi connectivity index (χ2v) is 6.11. The predicted molar refractivity (Wildman–Crippen MR) is 69.8 cm³/mol. The Balaban J connectivity index is 1.49. The van der Waals surface area contributed by atoms with E-state index in [1.54, 1.807) is 6.20 Å². The van der Waals surface area contributed by atoms with Crippen molar-refractivity contribution in [3.8, 4) is 0 Å².